The van der Waals surface area contributed by atoms with Gasteiger partial charge in [0.15, 0.2) is 11.6 Å². The van der Waals surface area contributed by atoms with Crippen molar-refractivity contribution in [1.82, 2.24) is 9.55 Å². The number of benzene rings is 2. The maximum absolute atomic E-state index is 11.7. The molecule has 2 heterocycles. The van der Waals surface area contributed by atoms with Crippen molar-refractivity contribution >= 4 is 16.9 Å². The van der Waals surface area contributed by atoms with E-state index in [9.17, 15) is 4.79 Å². The average Bonchev–Trinajstić information content (AvgIpc) is 3.23. The van der Waals surface area contributed by atoms with Crippen molar-refractivity contribution in [3.05, 3.63) is 78.1 Å². The highest BCUT2D eigenvalue weighted by Crippen LogP contribution is 2.28. The molecule has 5 nitrogen and oxygen atoms in total. The zero-order valence-electron chi connectivity index (χ0n) is 12.8. The van der Waals surface area contributed by atoms with Crippen molar-refractivity contribution < 1.29 is 9.21 Å². The number of hydrogen-bond donors (Lipinski definition) is 1. The summed E-state index contributed by atoms with van der Waals surface area (Å²) in [6, 6.07) is 19.2. The quantitative estimate of drug-likeness (QED) is 0.626. The Morgan fingerprint density at radius 1 is 1.04 bits per heavy atom. The van der Waals surface area contributed by atoms with Gasteiger partial charge in [-0.2, -0.15) is 0 Å². The normalized spacial score (nSPS) is 11.0. The molecule has 0 unspecified atom stereocenters. The summed E-state index contributed by atoms with van der Waals surface area (Å²) < 4.78 is 7.57. The summed E-state index contributed by atoms with van der Waals surface area (Å²) in [5, 5.41) is 0. The summed E-state index contributed by atoms with van der Waals surface area (Å²) in [5.74, 6) is 0.834. The number of hydrogen-bond acceptors (Lipinski definition) is 3. The molecule has 2 aromatic carbocycles. The maximum Gasteiger partial charge on any atom is 0.250 e. The first-order valence-corrected chi connectivity index (χ1v) is 7.61. The van der Waals surface area contributed by atoms with E-state index in [1.807, 2.05) is 47.0 Å². The van der Waals surface area contributed by atoms with Crippen LogP contribution in [0.25, 0.3) is 22.6 Å². The standard InChI is InChI=1S/C19H15N3O2/c20-18(23)14-8-4-9-15-17(14)21-19(16-10-5-11-24-16)22(15)12-13-6-2-1-3-7-13/h1-11H,12H2,(H2,20,23). The molecule has 2 aromatic heterocycles. The van der Waals surface area contributed by atoms with Gasteiger partial charge in [0, 0.05) is 6.54 Å². The summed E-state index contributed by atoms with van der Waals surface area (Å²) in [4.78, 5) is 16.4. The molecule has 0 bridgehead atoms. The SMILES string of the molecule is NC(=O)c1cccc2c1nc(-c1ccco1)n2Cc1ccccc1. The number of aromatic nitrogens is 2. The molecule has 0 atom stereocenters. The lowest BCUT2D eigenvalue weighted by molar-refractivity contribution is 0.100. The summed E-state index contributed by atoms with van der Waals surface area (Å²) in [7, 11) is 0. The number of para-hydroxylation sites is 1. The van der Waals surface area contributed by atoms with E-state index in [0.717, 1.165) is 11.1 Å². The molecular weight excluding hydrogens is 302 g/mol. The summed E-state index contributed by atoms with van der Waals surface area (Å²) in [6.07, 6.45) is 1.61. The van der Waals surface area contributed by atoms with Crippen LogP contribution in [-0.4, -0.2) is 15.5 Å². The van der Waals surface area contributed by atoms with Gasteiger partial charge in [-0.15, -0.1) is 0 Å². The zero-order chi connectivity index (χ0) is 16.5. The first-order valence-electron chi connectivity index (χ1n) is 7.61. The van der Waals surface area contributed by atoms with Crippen molar-refractivity contribution in [2.75, 3.05) is 0 Å². The van der Waals surface area contributed by atoms with Gasteiger partial charge in [0.2, 0.25) is 0 Å². The second-order valence-electron chi connectivity index (χ2n) is 5.52. The molecule has 0 fully saturated rings. The van der Waals surface area contributed by atoms with Crippen LogP contribution in [-0.2, 0) is 6.54 Å². The van der Waals surface area contributed by atoms with Crippen molar-refractivity contribution in [3.63, 3.8) is 0 Å². The Balaban J connectivity index is 1.97. The number of nitrogens with two attached hydrogens (primary N) is 1. The van der Waals surface area contributed by atoms with Crippen LogP contribution in [0, 0.1) is 0 Å². The van der Waals surface area contributed by atoms with Crippen LogP contribution in [0.1, 0.15) is 15.9 Å². The number of nitrogens with zero attached hydrogens (tertiary/aromatic N) is 2. The summed E-state index contributed by atoms with van der Waals surface area (Å²) >= 11 is 0. The smallest absolute Gasteiger partial charge is 0.250 e. The predicted octanol–water partition coefficient (Wildman–Crippen LogP) is 3.44. The van der Waals surface area contributed by atoms with E-state index >= 15 is 0 Å². The predicted molar refractivity (Wildman–Crippen MR) is 91.5 cm³/mol. The van der Waals surface area contributed by atoms with Gasteiger partial charge in [-0.3, -0.25) is 4.79 Å². The number of rotatable bonds is 4. The fraction of sp³-hybridized carbons (Fsp3) is 0.0526. The lowest BCUT2D eigenvalue weighted by Crippen LogP contribution is -2.11. The number of fused-ring (bicyclic) bond motifs is 1. The van der Waals surface area contributed by atoms with Gasteiger partial charge in [-0.1, -0.05) is 36.4 Å². The van der Waals surface area contributed by atoms with E-state index < -0.39 is 5.91 Å². The Labute approximate surface area is 138 Å². The van der Waals surface area contributed by atoms with E-state index in [4.69, 9.17) is 10.2 Å². The molecule has 0 saturated heterocycles. The number of amides is 1. The second-order valence-corrected chi connectivity index (χ2v) is 5.52. The summed E-state index contributed by atoms with van der Waals surface area (Å²) in [6.45, 7) is 0.621. The Morgan fingerprint density at radius 2 is 1.88 bits per heavy atom. The highest BCUT2D eigenvalue weighted by molar-refractivity contribution is 6.04. The van der Waals surface area contributed by atoms with Crippen molar-refractivity contribution in [2.24, 2.45) is 5.73 Å². The van der Waals surface area contributed by atoms with Gasteiger partial charge in [0.25, 0.3) is 5.91 Å². The molecule has 4 aromatic rings. The molecule has 0 radical (unpaired) electrons. The highest BCUT2D eigenvalue weighted by atomic mass is 16.3. The van der Waals surface area contributed by atoms with Crippen molar-refractivity contribution in [1.29, 1.82) is 0 Å². The average molecular weight is 317 g/mol. The lowest BCUT2D eigenvalue weighted by Gasteiger charge is -2.08. The number of carbonyl (C=O) groups excluding carboxylic acids is 1. The molecular formula is C19H15N3O2. The van der Waals surface area contributed by atoms with E-state index in [-0.39, 0.29) is 0 Å². The third-order valence-corrected chi connectivity index (χ3v) is 3.97. The number of carbonyl (C=O) groups is 1. The van der Waals surface area contributed by atoms with Gasteiger partial charge >= 0.3 is 0 Å². The molecule has 4 rings (SSSR count). The van der Waals surface area contributed by atoms with Gasteiger partial charge in [0.05, 0.1) is 17.3 Å². The molecule has 5 heteroatoms. The van der Waals surface area contributed by atoms with Crippen LogP contribution in [0.5, 0.6) is 0 Å². The van der Waals surface area contributed by atoms with Crippen molar-refractivity contribution in [2.45, 2.75) is 6.54 Å². The lowest BCUT2D eigenvalue weighted by atomic mass is 10.1. The first kappa shape index (κ1) is 14.3. The third kappa shape index (κ3) is 2.36. The largest absolute Gasteiger partial charge is 0.461 e. The number of imidazole rings is 1. The zero-order valence-corrected chi connectivity index (χ0v) is 12.8. The first-order chi connectivity index (χ1) is 11.7. The minimum Gasteiger partial charge on any atom is -0.461 e. The molecule has 1 amide bonds. The molecule has 0 saturated carbocycles. The van der Waals surface area contributed by atoms with Gasteiger partial charge in [0.1, 0.15) is 5.52 Å². The van der Waals surface area contributed by atoms with Crippen LogP contribution < -0.4 is 5.73 Å². The topological polar surface area (TPSA) is 74.1 Å². The number of primary amides is 1. The van der Waals surface area contributed by atoms with E-state index in [1.165, 1.54) is 0 Å². The highest BCUT2D eigenvalue weighted by Gasteiger charge is 2.18. The Bertz CT molecular complexity index is 1000. The Kier molecular flexibility index (Phi) is 3.39. The third-order valence-electron chi connectivity index (χ3n) is 3.97. The Morgan fingerprint density at radius 3 is 2.58 bits per heavy atom. The fourth-order valence-electron chi connectivity index (χ4n) is 2.87. The van der Waals surface area contributed by atoms with E-state index in [2.05, 4.69) is 17.1 Å². The molecule has 118 valence electrons. The molecule has 2 N–H and O–H groups in total. The van der Waals surface area contributed by atoms with Gasteiger partial charge in [-0.05, 0) is 29.8 Å². The minimum absolute atomic E-state index is 0.409. The molecule has 0 aliphatic carbocycles. The van der Waals surface area contributed by atoms with Gasteiger partial charge < -0.3 is 14.7 Å². The molecule has 24 heavy (non-hydrogen) atoms. The van der Waals surface area contributed by atoms with Gasteiger partial charge in [-0.25, -0.2) is 4.98 Å². The van der Waals surface area contributed by atoms with Crippen LogP contribution in [0.4, 0.5) is 0 Å². The van der Waals surface area contributed by atoms with Crippen LogP contribution >= 0.6 is 0 Å². The Hall–Kier alpha value is -3.34. The second kappa shape index (κ2) is 5.70. The monoisotopic (exact) mass is 317 g/mol. The molecule has 0 aliphatic heterocycles. The number of furan rings is 1. The van der Waals surface area contributed by atoms with E-state index in [0.29, 0.717) is 29.2 Å². The van der Waals surface area contributed by atoms with E-state index in [1.54, 1.807) is 12.3 Å². The fourth-order valence-corrected chi connectivity index (χ4v) is 2.87. The van der Waals surface area contributed by atoms with Crippen molar-refractivity contribution in [3.8, 4) is 11.6 Å². The molecule has 0 aliphatic rings. The van der Waals surface area contributed by atoms with Crippen LogP contribution in [0.15, 0.2) is 71.3 Å². The van der Waals surface area contributed by atoms with Crippen LogP contribution in [0.2, 0.25) is 0 Å². The molecule has 0 spiro atoms. The van der Waals surface area contributed by atoms with Crippen LogP contribution in [0.3, 0.4) is 0 Å². The minimum atomic E-state index is -0.490. The summed E-state index contributed by atoms with van der Waals surface area (Å²) in [5.41, 5.74) is 8.48. The maximum atomic E-state index is 11.7.